The summed E-state index contributed by atoms with van der Waals surface area (Å²) in [4.78, 5) is 12.2. The number of carboxylic acids is 1. The van der Waals surface area contributed by atoms with Crippen LogP contribution >= 0.6 is 15.9 Å². The van der Waals surface area contributed by atoms with Crippen LogP contribution in [-0.4, -0.2) is 30.3 Å². The van der Waals surface area contributed by atoms with Gasteiger partial charge < -0.3 is 10.0 Å². The number of alkyl halides is 3. The van der Waals surface area contributed by atoms with Crippen molar-refractivity contribution in [1.82, 2.24) is 0 Å². The van der Waals surface area contributed by atoms with Crippen molar-refractivity contribution in [3.8, 4) is 0 Å². The van der Waals surface area contributed by atoms with Crippen molar-refractivity contribution in [2.75, 3.05) is 18.0 Å². The Morgan fingerprint density at radius 3 is 2.53 bits per heavy atom. The molecule has 0 atom stereocenters. The van der Waals surface area contributed by atoms with Gasteiger partial charge in [-0.15, -0.1) is 0 Å². The molecule has 0 unspecified atom stereocenters. The van der Waals surface area contributed by atoms with Crippen LogP contribution in [0.1, 0.15) is 23.7 Å². The van der Waals surface area contributed by atoms with Gasteiger partial charge in [-0.1, -0.05) is 13.0 Å². The van der Waals surface area contributed by atoms with E-state index in [1.54, 1.807) is 6.92 Å². The normalized spacial score (nSPS) is 11.4. The first kappa shape index (κ1) is 15.8. The van der Waals surface area contributed by atoms with Gasteiger partial charge in [-0.3, -0.25) is 0 Å². The van der Waals surface area contributed by atoms with E-state index in [9.17, 15) is 18.0 Å². The Balaban J connectivity index is 3.22. The van der Waals surface area contributed by atoms with E-state index >= 15 is 0 Å². The van der Waals surface area contributed by atoms with Crippen molar-refractivity contribution in [2.45, 2.75) is 19.5 Å². The van der Waals surface area contributed by atoms with E-state index in [4.69, 9.17) is 5.11 Å². The van der Waals surface area contributed by atoms with Crippen LogP contribution < -0.4 is 4.90 Å². The second kappa shape index (κ2) is 6.27. The maximum atomic E-state index is 12.5. The molecule has 0 aromatic heterocycles. The van der Waals surface area contributed by atoms with E-state index in [1.807, 2.05) is 0 Å². The number of benzene rings is 1. The van der Waals surface area contributed by atoms with E-state index < -0.39 is 18.7 Å². The Morgan fingerprint density at radius 2 is 2.05 bits per heavy atom. The molecule has 0 fully saturated rings. The summed E-state index contributed by atoms with van der Waals surface area (Å²) in [6, 6.07) is 4.39. The smallest absolute Gasteiger partial charge is 0.405 e. The molecular weight excluding hydrogens is 327 g/mol. The summed E-state index contributed by atoms with van der Waals surface area (Å²) in [5, 5.41) is 9.12. The molecule has 0 aliphatic heterocycles. The first-order valence-corrected chi connectivity index (χ1v) is 6.39. The number of hydrogen-bond acceptors (Lipinski definition) is 2. The average Bonchev–Trinajstić information content (AvgIpc) is 2.25. The molecule has 3 nitrogen and oxygen atoms in total. The van der Waals surface area contributed by atoms with Crippen LogP contribution in [0, 0.1) is 0 Å². The lowest BCUT2D eigenvalue weighted by Gasteiger charge is -2.27. The molecule has 0 heterocycles. The van der Waals surface area contributed by atoms with Crippen molar-refractivity contribution in [1.29, 1.82) is 0 Å². The maximum Gasteiger partial charge on any atom is 0.405 e. The molecule has 0 radical (unpaired) electrons. The maximum absolute atomic E-state index is 12.5. The minimum Gasteiger partial charge on any atom is -0.478 e. The minimum atomic E-state index is -4.38. The number of carbonyl (C=O) groups is 1. The van der Waals surface area contributed by atoms with E-state index in [1.165, 1.54) is 18.2 Å². The molecule has 1 aromatic rings. The van der Waals surface area contributed by atoms with Gasteiger partial charge in [0.15, 0.2) is 0 Å². The minimum absolute atomic E-state index is 0.0704. The van der Waals surface area contributed by atoms with Gasteiger partial charge in [-0.05, 0) is 34.5 Å². The standard InChI is InChI=1S/C12H13BrF3NO2/c1-2-6-17(7-12(14,15)16)9-5-3-4-8(13)10(9)11(18)19/h3-5H,2,6-7H2,1H3,(H,18,19). The SMILES string of the molecule is CCCN(CC(F)(F)F)c1cccc(Br)c1C(=O)O. The number of anilines is 1. The number of hydrogen-bond donors (Lipinski definition) is 1. The predicted molar refractivity (Wildman–Crippen MR) is 69.7 cm³/mol. The Bertz CT molecular complexity index is 463. The summed E-state index contributed by atoms with van der Waals surface area (Å²) < 4.78 is 37.9. The second-order valence-corrected chi connectivity index (χ2v) is 4.83. The third-order valence-electron chi connectivity index (χ3n) is 2.41. The molecule has 106 valence electrons. The first-order chi connectivity index (χ1) is 8.76. The summed E-state index contributed by atoms with van der Waals surface area (Å²) in [5.41, 5.74) is -0.0822. The second-order valence-electron chi connectivity index (χ2n) is 3.98. The molecular formula is C12H13BrF3NO2. The first-order valence-electron chi connectivity index (χ1n) is 5.59. The molecule has 7 heteroatoms. The molecule has 0 aliphatic rings. The lowest BCUT2D eigenvalue weighted by Crippen LogP contribution is -2.35. The molecule has 0 bridgehead atoms. The van der Waals surface area contributed by atoms with E-state index in [0.29, 0.717) is 6.42 Å². The van der Waals surface area contributed by atoms with Crippen LogP contribution in [-0.2, 0) is 0 Å². The molecule has 0 spiro atoms. The van der Waals surface area contributed by atoms with Gasteiger partial charge in [0.25, 0.3) is 0 Å². The molecule has 19 heavy (non-hydrogen) atoms. The van der Waals surface area contributed by atoms with Crippen molar-refractivity contribution < 1.29 is 23.1 Å². The fourth-order valence-corrected chi connectivity index (χ4v) is 2.28. The van der Waals surface area contributed by atoms with Crippen LogP contribution in [0.2, 0.25) is 0 Å². The summed E-state index contributed by atoms with van der Waals surface area (Å²) in [7, 11) is 0. The molecule has 0 saturated carbocycles. The van der Waals surface area contributed by atoms with Gasteiger partial charge >= 0.3 is 12.1 Å². The van der Waals surface area contributed by atoms with Crippen molar-refractivity contribution in [2.24, 2.45) is 0 Å². The zero-order valence-corrected chi connectivity index (χ0v) is 11.8. The van der Waals surface area contributed by atoms with Crippen LogP contribution in [0.25, 0.3) is 0 Å². The van der Waals surface area contributed by atoms with Gasteiger partial charge in [0, 0.05) is 11.0 Å². The van der Waals surface area contributed by atoms with E-state index in [-0.39, 0.29) is 22.3 Å². The Morgan fingerprint density at radius 1 is 1.42 bits per heavy atom. The zero-order valence-electron chi connectivity index (χ0n) is 10.2. The quantitative estimate of drug-likeness (QED) is 0.883. The Hall–Kier alpha value is -1.24. The molecule has 1 N–H and O–H groups in total. The topological polar surface area (TPSA) is 40.5 Å². The third kappa shape index (κ3) is 4.41. The zero-order chi connectivity index (χ0) is 14.6. The monoisotopic (exact) mass is 339 g/mol. The van der Waals surface area contributed by atoms with Gasteiger partial charge in [0.05, 0.1) is 11.3 Å². The molecule has 0 saturated heterocycles. The largest absolute Gasteiger partial charge is 0.478 e. The highest BCUT2D eigenvalue weighted by molar-refractivity contribution is 9.10. The molecule has 1 aromatic carbocycles. The van der Waals surface area contributed by atoms with Gasteiger partial charge in [-0.2, -0.15) is 13.2 Å². The van der Waals surface area contributed by atoms with Crippen molar-refractivity contribution >= 4 is 27.6 Å². The predicted octanol–water partition coefficient (Wildman–Crippen LogP) is 3.93. The Labute approximate surface area is 117 Å². The Kier molecular flexibility index (Phi) is 5.22. The molecule has 0 aliphatic carbocycles. The van der Waals surface area contributed by atoms with Gasteiger partial charge in [-0.25, -0.2) is 4.79 Å². The van der Waals surface area contributed by atoms with Gasteiger partial charge in [0.2, 0.25) is 0 Å². The highest BCUT2D eigenvalue weighted by atomic mass is 79.9. The average molecular weight is 340 g/mol. The van der Waals surface area contributed by atoms with Crippen LogP contribution in [0.15, 0.2) is 22.7 Å². The summed E-state index contributed by atoms with van der Waals surface area (Å²) in [6.45, 7) is 0.704. The summed E-state index contributed by atoms with van der Waals surface area (Å²) >= 11 is 3.06. The number of nitrogens with zero attached hydrogens (tertiary/aromatic N) is 1. The van der Waals surface area contributed by atoms with Crippen LogP contribution in [0.3, 0.4) is 0 Å². The van der Waals surface area contributed by atoms with Crippen LogP contribution in [0.5, 0.6) is 0 Å². The number of halogens is 4. The van der Waals surface area contributed by atoms with Crippen molar-refractivity contribution in [3.63, 3.8) is 0 Å². The molecule has 0 amide bonds. The van der Waals surface area contributed by atoms with Crippen molar-refractivity contribution in [3.05, 3.63) is 28.2 Å². The van der Waals surface area contributed by atoms with Crippen LogP contribution in [0.4, 0.5) is 18.9 Å². The van der Waals surface area contributed by atoms with Gasteiger partial charge in [0.1, 0.15) is 6.54 Å². The fraction of sp³-hybridized carbons (Fsp3) is 0.417. The summed E-state index contributed by atoms with van der Waals surface area (Å²) in [5.74, 6) is -1.26. The number of aromatic carboxylic acids is 1. The number of carboxylic acid groups (broad SMARTS) is 1. The highest BCUT2D eigenvalue weighted by Gasteiger charge is 2.32. The lowest BCUT2D eigenvalue weighted by molar-refractivity contribution is -0.119. The number of rotatable bonds is 5. The van der Waals surface area contributed by atoms with E-state index in [2.05, 4.69) is 15.9 Å². The summed E-state index contributed by atoms with van der Waals surface area (Å²) in [6.07, 6.45) is -3.89. The fourth-order valence-electron chi connectivity index (χ4n) is 1.76. The lowest BCUT2D eigenvalue weighted by atomic mass is 10.1. The highest BCUT2D eigenvalue weighted by Crippen LogP contribution is 2.30. The third-order valence-corrected chi connectivity index (χ3v) is 3.07. The van der Waals surface area contributed by atoms with E-state index in [0.717, 1.165) is 4.90 Å². The molecule has 1 rings (SSSR count).